The molecule has 0 aromatic carbocycles. The zero-order valence-corrected chi connectivity index (χ0v) is 12.2. The van der Waals surface area contributed by atoms with Crippen LogP contribution in [0.4, 0.5) is 0 Å². The van der Waals surface area contributed by atoms with Crippen LogP contribution in [-0.4, -0.2) is 24.1 Å². The maximum absolute atomic E-state index is 11.8. The van der Waals surface area contributed by atoms with Gasteiger partial charge in [0.1, 0.15) is 12.2 Å². The van der Waals surface area contributed by atoms with Gasteiger partial charge < -0.3 is 9.47 Å². The van der Waals surface area contributed by atoms with Crippen molar-refractivity contribution in [2.75, 3.05) is 6.61 Å². The summed E-state index contributed by atoms with van der Waals surface area (Å²) >= 11 is 0. The Bertz CT molecular complexity index is 321. The Morgan fingerprint density at radius 3 is 2.17 bits per heavy atom. The van der Waals surface area contributed by atoms with E-state index in [9.17, 15) is 9.59 Å². The average Bonchev–Trinajstić information content (AvgIpc) is 2.20. The van der Waals surface area contributed by atoms with Crippen LogP contribution in [0.25, 0.3) is 0 Å². The average molecular weight is 256 g/mol. The van der Waals surface area contributed by atoms with Crippen molar-refractivity contribution in [1.82, 2.24) is 0 Å². The van der Waals surface area contributed by atoms with Crippen LogP contribution in [0, 0.1) is 5.92 Å². The quantitative estimate of drug-likeness (QED) is 0.560. The van der Waals surface area contributed by atoms with Crippen molar-refractivity contribution in [2.24, 2.45) is 5.92 Å². The highest BCUT2D eigenvalue weighted by Gasteiger charge is 2.21. The van der Waals surface area contributed by atoms with E-state index in [1.165, 1.54) is 0 Å². The molecular formula is C14H24O4. The standard InChI is InChI=1S/C14H24O4/c1-7-8-11(9-17-12(15)10(2)3)13(16)18-14(4,5)6/h8,10H,7,9H2,1-6H3. The summed E-state index contributed by atoms with van der Waals surface area (Å²) in [5.74, 6) is -0.951. The van der Waals surface area contributed by atoms with Crippen LogP contribution in [0.2, 0.25) is 0 Å². The smallest absolute Gasteiger partial charge is 0.337 e. The van der Waals surface area contributed by atoms with Crippen LogP contribution in [0.1, 0.15) is 48.0 Å². The van der Waals surface area contributed by atoms with Crippen molar-refractivity contribution >= 4 is 11.9 Å². The molecule has 0 fully saturated rings. The molecule has 0 saturated heterocycles. The minimum Gasteiger partial charge on any atom is -0.460 e. The first-order valence-corrected chi connectivity index (χ1v) is 6.26. The molecule has 0 aliphatic heterocycles. The van der Waals surface area contributed by atoms with Gasteiger partial charge in [-0.3, -0.25) is 4.79 Å². The number of allylic oxidation sites excluding steroid dienone is 1. The molecule has 0 spiro atoms. The number of hydrogen-bond donors (Lipinski definition) is 0. The van der Waals surface area contributed by atoms with E-state index < -0.39 is 11.6 Å². The fourth-order valence-electron chi connectivity index (χ4n) is 1.11. The molecule has 0 aliphatic rings. The zero-order chi connectivity index (χ0) is 14.3. The number of ether oxygens (including phenoxy) is 2. The molecule has 4 nitrogen and oxygen atoms in total. The second-order valence-electron chi connectivity index (χ2n) is 5.40. The number of hydrogen-bond acceptors (Lipinski definition) is 4. The van der Waals surface area contributed by atoms with E-state index in [0.717, 1.165) is 0 Å². The Balaban J connectivity index is 4.55. The Labute approximate surface area is 109 Å². The fraction of sp³-hybridized carbons (Fsp3) is 0.714. The topological polar surface area (TPSA) is 52.6 Å². The van der Waals surface area contributed by atoms with Crippen molar-refractivity contribution in [3.63, 3.8) is 0 Å². The van der Waals surface area contributed by atoms with Gasteiger partial charge in [0, 0.05) is 0 Å². The van der Waals surface area contributed by atoms with Gasteiger partial charge in [0.2, 0.25) is 0 Å². The monoisotopic (exact) mass is 256 g/mol. The number of carbonyl (C=O) groups is 2. The Morgan fingerprint density at radius 2 is 1.78 bits per heavy atom. The van der Waals surface area contributed by atoms with Gasteiger partial charge in [-0.1, -0.05) is 26.8 Å². The lowest BCUT2D eigenvalue weighted by Gasteiger charge is -2.20. The van der Waals surface area contributed by atoms with Crippen LogP contribution >= 0.6 is 0 Å². The molecule has 18 heavy (non-hydrogen) atoms. The molecule has 0 unspecified atom stereocenters. The Hall–Kier alpha value is -1.32. The molecule has 104 valence electrons. The third-order valence-electron chi connectivity index (χ3n) is 1.95. The fourth-order valence-corrected chi connectivity index (χ4v) is 1.11. The highest BCUT2D eigenvalue weighted by atomic mass is 16.6. The van der Waals surface area contributed by atoms with Crippen LogP contribution in [0.15, 0.2) is 11.6 Å². The van der Waals surface area contributed by atoms with Crippen molar-refractivity contribution in [3.8, 4) is 0 Å². The van der Waals surface area contributed by atoms with Crippen molar-refractivity contribution < 1.29 is 19.1 Å². The molecule has 0 aromatic rings. The highest BCUT2D eigenvalue weighted by Crippen LogP contribution is 2.12. The molecule has 0 bridgehead atoms. The molecule has 0 aromatic heterocycles. The van der Waals surface area contributed by atoms with Gasteiger partial charge in [-0.15, -0.1) is 0 Å². The zero-order valence-electron chi connectivity index (χ0n) is 12.2. The van der Waals surface area contributed by atoms with Crippen LogP contribution in [0.5, 0.6) is 0 Å². The van der Waals surface area contributed by atoms with Gasteiger partial charge in [0.15, 0.2) is 0 Å². The van der Waals surface area contributed by atoms with Crippen LogP contribution in [-0.2, 0) is 19.1 Å². The maximum atomic E-state index is 11.8. The van der Waals surface area contributed by atoms with E-state index in [1.54, 1.807) is 40.7 Å². The van der Waals surface area contributed by atoms with E-state index in [2.05, 4.69) is 0 Å². The highest BCUT2D eigenvalue weighted by molar-refractivity contribution is 5.89. The first-order valence-electron chi connectivity index (χ1n) is 6.26. The van der Waals surface area contributed by atoms with Crippen molar-refractivity contribution in [3.05, 3.63) is 11.6 Å². The van der Waals surface area contributed by atoms with Gasteiger partial charge in [0.25, 0.3) is 0 Å². The second-order valence-corrected chi connectivity index (χ2v) is 5.40. The molecule has 0 saturated carbocycles. The van der Waals surface area contributed by atoms with E-state index in [0.29, 0.717) is 12.0 Å². The Morgan fingerprint density at radius 1 is 1.22 bits per heavy atom. The first-order chi connectivity index (χ1) is 8.17. The van der Waals surface area contributed by atoms with Gasteiger partial charge in [-0.25, -0.2) is 4.79 Å². The van der Waals surface area contributed by atoms with Crippen molar-refractivity contribution in [2.45, 2.75) is 53.6 Å². The lowest BCUT2D eigenvalue weighted by Crippen LogP contribution is -2.27. The molecular weight excluding hydrogens is 232 g/mol. The van der Waals surface area contributed by atoms with Gasteiger partial charge in [-0.05, 0) is 27.2 Å². The van der Waals surface area contributed by atoms with E-state index >= 15 is 0 Å². The summed E-state index contributed by atoms with van der Waals surface area (Å²) in [4.78, 5) is 23.2. The van der Waals surface area contributed by atoms with E-state index in [-0.39, 0.29) is 18.5 Å². The minimum atomic E-state index is -0.550. The first kappa shape index (κ1) is 16.7. The summed E-state index contributed by atoms with van der Waals surface area (Å²) in [5, 5.41) is 0. The number of esters is 2. The molecule has 0 amide bonds. The van der Waals surface area contributed by atoms with Gasteiger partial charge >= 0.3 is 11.9 Å². The number of carbonyl (C=O) groups excluding carboxylic acids is 2. The predicted molar refractivity (Wildman–Crippen MR) is 70.0 cm³/mol. The third-order valence-corrected chi connectivity index (χ3v) is 1.95. The molecule has 4 heteroatoms. The Kier molecular flexibility index (Phi) is 6.66. The second kappa shape index (κ2) is 7.19. The summed E-state index contributed by atoms with van der Waals surface area (Å²) in [6, 6.07) is 0. The molecule has 0 radical (unpaired) electrons. The lowest BCUT2D eigenvalue weighted by atomic mass is 10.1. The predicted octanol–water partition coefficient (Wildman–Crippen LogP) is 2.86. The molecule has 0 N–H and O–H groups in total. The molecule has 0 rings (SSSR count). The SMILES string of the molecule is CCC=C(COC(=O)C(C)C)C(=O)OC(C)(C)C. The van der Waals surface area contributed by atoms with Gasteiger partial charge in [-0.2, -0.15) is 0 Å². The lowest BCUT2D eigenvalue weighted by molar-refractivity contribution is -0.152. The van der Waals surface area contributed by atoms with Crippen molar-refractivity contribution in [1.29, 1.82) is 0 Å². The minimum absolute atomic E-state index is 0.0280. The van der Waals surface area contributed by atoms with Crippen LogP contribution < -0.4 is 0 Å². The van der Waals surface area contributed by atoms with E-state index in [1.807, 2.05) is 6.92 Å². The molecule has 0 heterocycles. The molecule has 0 atom stereocenters. The van der Waals surface area contributed by atoms with Crippen LogP contribution in [0.3, 0.4) is 0 Å². The summed E-state index contributed by atoms with van der Waals surface area (Å²) < 4.78 is 10.3. The summed E-state index contributed by atoms with van der Waals surface area (Å²) in [6.45, 7) is 10.8. The summed E-state index contributed by atoms with van der Waals surface area (Å²) in [5.41, 5.74) is -0.159. The summed E-state index contributed by atoms with van der Waals surface area (Å²) in [7, 11) is 0. The van der Waals surface area contributed by atoms with Gasteiger partial charge in [0.05, 0.1) is 11.5 Å². The molecule has 0 aliphatic carbocycles. The third kappa shape index (κ3) is 7.09. The van der Waals surface area contributed by atoms with E-state index in [4.69, 9.17) is 9.47 Å². The maximum Gasteiger partial charge on any atom is 0.337 e. The normalized spacial score (nSPS) is 12.5. The number of rotatable bonds is 5. The largest absolute Gasteiger partial charge is 0.460 e. The summed E-state index contributed by atoms with van der Waals surface area (Å²) in [6.07, 6.45) is 2.41.